The Morgan fingerprint density at radius 2 is 1.63 bits per heavy atom. The minimum atomic E-state index is -1.59. The van der Waals surface area contributed by atoms with Crippen LogP contribution in [0.5, 0.6) is 0 Å². The summed E-state index contributed by atoms with van der Waals surface area (Å²) in [6.07, 6.45) is 8.72. The van der Waals surface area contributed by atoms with E-state index in [9.17, 15) is 29.5 Å². The Hall–Kier alpha value is -3.03. The van der Waals surface area contributed by atoms with E-state index in [4.69, 9.17) is 4.74 Å². The smallest absolute Gasteiger partial charge is 0.409 e. The van der Waals surface area contributed by atoms with Crippen LogP contribution in [0.4, 0.5) is 4.79 Å². The Bertz CT molecular complexity index is 1570. The highest BCUT2D eigenvalue weighted by molar-refractivity contribution is 6.05. The van der Waals surface area contributed by atoms with Crippen LogP contribution in [0.2, 0.25) is 0 Å². The monoisotopic (exact) mass is 676 g/mol. The molecule has 2 amide bonds. The molecule has 0 bridgehead atoms. The fraction of sp³-hybridized carbons (Fsp3) is 0.769. The number of fused-ring (bicyclic) bond motifs is 7. The Kier molecular flexibility index (Phi) is 8.39. The molecule has 0 aromatic carbocycles. The molecule has 268 valence electrons. The first-order valence-electron chi connectivity index (χ1n) is 18.2. The van der Waals surface area contributed by atoms with Gasteiger partial charge in [-0.05, 0) is 78.8 Å². The number of allylic oxidation sites excluding steroid dienone is 3. The van der Waals surface area contributed by atoms with Crippen LogP contribution in [0, 0.1) is 55.7 Å². The summed E-state index contributed by atoms with van der Waals surface area (Å²) in [5.41, 5.74) is -3.66. The fourth-order valence-corrected chi connectivity index (χ4v) is 11.8. The molecule has 5 aliphatic carbocycles. The summed E-state index contributed by atoms with van der Waals surface area (Å²) in [7, 11) is 1.37. The van der Waals surface area contributed by atoms with Crippen LogP contribution in [0.15, 0.2) is 23.3 Å². The van der Waals surface area contributed by atoms with Crippen molar-refractivity contribution in [2.45, 2.75) is 99.0 Å². The van der Waals surface area contributed by atoms with Crippen molar-refractivity contribution in [3.63, 3.8) is 0 Å². The zero-order valence-electron chi connectivity index (χ0n) is 30.8. The van der Waals surface area contributed by atoms with Crippen LogP contribution in [0.25, 0.3) is 0 Å². The number of hydrogen-bond acceptors (Lipinski definition) is 8. The summed E-state index contributed by atoms with van der Waals surface area (Å²) in [6, 6.07) is 2.16. The SMILES string of the molecule is COC(=O)N1CCN(CC(=O)NC[C@@]2(C)CC[C@]3(C)CC[C@@]4(C)[C@]5(C)CC[C@H]6C(C)(C)C(=O)C(C#N)=C[C@]6(C)C5=CC(=O)[C@]4(O)[C@@H]3C2)CC1. The number of amides is 2. The summed E-state index contributed by atoms with van der Waals surface area (Å²) in [5.74, 6) is -0.788. The number of carbonyl (C=O) groups is 4. The molecular formula is C39H56N4O6. The largest absolute Gasteiger partial charge is 0.453 e. The Morgan fingerprint density at radius 3 is 2.27 bits per heavy atom. The average molecular weight is 677 g/mol. The molecule has 0 aromatic heterocycles. The second kappa shape index (κ2) is 11.5. The van der Waals surface area contributed by atoms with E-state index >= 15 is 0 Å². The van der Waals surface area contributed by atoms with Gasteiger partial charge in [0, 0.05) is 54.9 Å². The second-order valence-corrected chi connectivity index (χ2v) is 18.2. The molecule has 10 nitrogen and oxygen atoms in total. The third-order valence-corrected chi connectivity index (χ3v) is 15.2. The molecule has 1 heterocycles. The van der Waals surface area contributed by atoms with Crippen molar-refractivity contribution in [3.05, 3.63) is 23.3 Å². The molecule has 0 aromatic rings. The van der Waals surface area contributed by atoms with Crippen molar-refractivity contribution in [2.75, 3.05) is 46.4 Å². The van der Waals surface area contributed by atoms with Gasteiger partial charge in [-0.25, -0.2) is 4.79 Å². The molecule has 0 spiro atoms. The van der Waals surface area contributed by atoms with Gasteiger partial charge in [-0.1, -0.05) is 54.5 Å². The topological polar surface area (TPSA) is 140 Å². The lowest BCUT2D eigenvalue weighted by Gasteiger charge is -2.71. The van der Waals surface area contributed by atoms with Crippen LogP contribution in [0.3, 0.4) is 0 Å². The lowest BCUT2D eigenvalue weighted by Crippen LogP contribution is -2.74. The number of methoxy groups -OCH3 is 1. The van der Waals surface area contributed by atoms with Gasteiger partial charge in [0.15, 0.2) is 11.6 Å². The lowest BCUT2D eigenvalue weighted by molar-refractivity contribution is -0.243. The van der Waals surface area contributed by atoms with Crippen LogP contribution in [-0.2, 0) is 19.1 Å². The number of ketones is 2. The van der Waals surface area contributed by atoms with Crippen LogP contribution in [0.1, 0.15) is 93.4 Å². The van der Waals surface area contributed by atoms with E-state index in [0.717, 1.165) is 37.7 Å². The van der Waals surface area contributed by atoms with Crippen molar-refractivity contribution < 1.29 is 29.0 Å². The molecule has 0 unspecified atom stereocenters. The summed E-state index contributed by atoms with van der Waals surface area (Å²) >= 11 is 0. The number of rotatable bonds is 4. The normalized spacial score (nSPS) is 43.1. The van der Waals surface area contributed by atoms with Crippen LogP contribution >= 0.6 is 0 Å². The van der Waals surface area contributed by atoms with Gasteiger partial charge in [0.25, 0.3) is 0 Å². The number of piperazine rings is 1. The molecule has 8 atom stereocenters. The van der Waals surface area contributed by atoms with E-state index < -0.39 is 27.3 Å². The maximum Gasteiger partial charge on any atom is 0.409 e. The molecule has 49 heavy (non-hydrogen) atoms. The molecule has 6 aliphatic rings. The molecule has 1 aliphatic heterocycles. The summed E-state index contributed by atoms with van der Waals surface area (Å²) < 4.78 is 4.82. The summed E-state index contributed by atoms with van der Waals surface area (Å²) in [4.78, 5) is 56.8. The van der Waals surface area contributed by atoms with E-state index in [1.807, 2.05) is 24.8 Å². The minimum Gasteiger partial charge on any atom is -0.453 e. The highest BCUT2D eigenvalue weighted by Gasteiger charge is 2.75. The summed E-state index contributed by atoms with van der Waals surface area (Å²) in [6.45, 7) is 17.7. The Balaban J connectivity index is 1.26. The van der Waals surface area contributed by atoms with Gasteiger partial charge in [-0.2, -0.15) is 5.26 Å². The lowest BCUT2D eigenvalue weighted by atomic mass is 9.33. The third kappa shape index (κ3) is 4.99. The molecular weight excluding hydrogens is 620 g/mol. The van der Waals surface area contributed by atoms with E-state index in [1.54, 1.807) is 11.0 Å². The second-order valence-electron chi connectivity index (χ2n) is 18.2. The highest BCUT2D eigenvalue weighted by atomic mass is 16.5. The molecule has 10 heteroatoms. The molecule has 0 radical (unpaired) electrons. The maximum atomic E-state index is 14.7. The minimum absolute atomic E-state index is 0.0568. The molecule has 6 rings (SSSR count). The first-order valence-corrected chi connectivity index (χ1v) is 18.2. The van der Waals surface area contributed by atoms with Crippen molar-refractivity contribution in [1.29, 1.82) is 5.26 Å². The zero-order chi connectivity index (χ0) is 36.0. The van der Waals surface area contributed by atoms with Gasteiger partial charge >= 0.3 is 6.09 Å². The number of aliphatic hydroxyl groups is 1. The Morgan fingerprint density at radius 1 is 0.980 bits per heavy atom. The quantitative estimate of drug-likeness (QED) is 0.432. The maximum absolute atomic E-state index is 14.7. The van der Waals surface area contributed by atoms with Gasteiger partial charge in [-0.3, -0.25) is 19.3 Å². The van der Waals surface area contributed by atoms with E-state index in [2.05, 4.69) is 46.0 Å². The number of carbonyl (C=O) groups excluding carboxylic acids is 4. The van der Waals surface area contributed by atoms with Crippen molar-refractivity contribution in [3.8, 4) is 6.07 Å². The van der Waals surface area contributed by atoms with Gasteiger partial charge in [-0.15, -0.1) is 0 Å². The first kappa shape index (κ1) is 35.8. The fourth-order valence-electron chi connectivity index (χ4n) is 11.8. The number of nitrogens with one attached hydrogen (secondary N) is 1. The zero-order valence-corrected chi connectivity index (χ0v) is 30.8. The highest BCUT2D eigenvalue weighted by Crippen LogP contribution is 2.75. The number of nitrogens with zero attached hydrogens (tertiary/aromatic N) is 3. The van der Waals surface area contributed by atoms with Crippen molar-refractivity contribution in [1.82, 2.24) is 15.1 Å². The first-order chi connectivity index (χ1) is 22.7. The van der Waals surface area contributed by atoms with Gasteiger partial charge in [0.05, 0.1) is 19.2 Å². The molecule has 4 fully saturated rings. The van der Waals surface area contributed by atoms with Crippen LogP contribution < -0.4 is 5.32 Å². The molecule has 3 saturated carbocycles. The predicted molar refractivity (Wildman–Crippen MR) is 184 cm³/mol. The van der Waals surface area contributed by atoms with E-state index in [-0.39, 0.29) is 58.4 Å². The van der Waals surface area contributed by atoms with E-state index in [1.165, 1.54) is 7.11 Å². The van der Waals surface area contributed by atoms with Crippen LogP contribution in [-0.4, -0.2) is 90.5 Å². The van der Waals surface area contributed by atoms with E-state index in [0.29, 0.717) is 45.6 Å². The van der Waals surface area contributed by atoms with Crippen molar-refractivity contribution in [2.24, 2.45) is 44.3 Å². The molecule has 2 N–H and O–H groups in total. The Labute approximate surface area is 291 Å². The third-order valence-electron chi connectivity index (χ3n) is 15.2. The van der Waals surface area contributed by atoms with Gasteiger partial charge < -0.3 is 20.1 Å². The van der Waals surface area contributed by atoms with Crippen molar-refractivity contribution >= 4 is 23.6 Å². The standard InChI is InChI=1S/C39H56N4O6/c1-33(2)26-9-10-37(6)27(36(26,5)20-25(22-40)31(33)46)19-29(44)39(48)28-21-34(3,11-12-35(28,4)13-14-38(37,39)7)24-41-30(45)23-42-15-17-43(18-16-42)32(47)49-8/h19-20,26,28,48H,9-18,21,23-24H2,1-8H3,(H,41,45)/t26-,28+,34-,35+,36-,37+,38-,39+/m0/s1. The van der Waals surface area contributed by atoms with Gasteiger partial charge in [0.1, 0.15) is 11.7 Å². The summed E-state index contributed by atoms with van der Waals surface area (Å²) in [5, 5.41) is 26.3. The number of ether oxygens (including phenoxy) is 1. The number of hydrogen-bond donors (Lipinski definition) is 2. The molecule has 1 saturated heterocycles. The van der Waals surface area contributed by atoms with Gasteiger partial charge in [0.2, 0.25) is 5.91 Å². The number of nitriles is 1. The average Bonchev–Trinajstić information content (AvgIpc) is 3.06. The number of Topliss-reactive ketones (excluding diaryl/α,β-unsaturated/α-hetero) is 1. The predicted octanol–water partition coefficient (Wildman–Crippen LogP) is 4.82.